The van der Waals surface area contributed by atoms with Gasteiger partial charge in [0.1, 0.15) is 12.4 Å². The number of aromatic hydroxyl groups is 1. The molecule has 0 aliphatic carbocycles. The summed E-state index contributed by atoms with van der Waals surface area (Å²) in [6.07, 6.45) is 2.44. The van der Waals surface area contributed by atoms with E-state index in [0.717, 1.165) is 41.8 Å². The molecule has 0 saturated heterocycles. The van der Waals surface area contributed by atoms with E-state index in [0.29, 0.717) is 12.1 Å². The third-order valence-electron chi connectivity index (χ3n) is 5.41. The number of carboxylic acid groups (broad SMARTS) is 1. The fourth-order valence-electron chi connectivity index (χ4n) is 3.89. The average molecular weight is 500 g/mol. The molecule has 0 heterocycles. The summed E-state index contributed by atoms with van der Waals surface area (Å²) in [5, 5.41) is 19.3. The molecule has 0 spiro atoms. The van der Waals surface area contributed by atoms with E-state index in [1.165, 1.54) is 0 Å². The first kappa shape index (κ1) is 32.9. The Morgan fingerprint density at radius 2 is 1.50 bits per heavy atom. The van der Waals surface area contributed by atoms with Gasteiger partial charge in [-0.3, -0.25) is 4.90 Å². The molecule has 0 aliphatic heterocycles. The number of carbonyl (C=O) groups excluding carboxylic acids is 1. The summed E-state index contributed by atoms with van der Waals surface area (Å²) in [5.41, 5.74) is 2.60. The van der Waals surface area contributed by atoms with Gasteiger partial charge in [0.05, 0.1) is 0 Å². The zero-order valence-corrected chi connectivity index (χ0v) is 23.2. The van der Waals surface area contributed by atoms with E-state index < -0.39 is 11.9 Å². The molecule has 2 N–H and O–H groups in total. The molecule has 0 aromatic heterocycles. The maximum absolute atomic E-state index is 11.7. The minimum absolute atomic E-state index is 0.0122. The van der Waals surface area contributed by atoms with Crippen LogP contribution in [0.4, 0.5) is 0 Å². The molecular weight excluding hydrogens is 454 g/mol. The number of hydrogen-bond donors (Lipinski definition) is 2. The van der Waals surface area contributed by atoms with E-state index in [2.05, 4.69) is 44.7 Å². The Morgan fingerprint density at radius 1 is 0.917 bits per heavy atom. The number of ether oxygens (including phenoxy) is 1. The molecule has 0 radical (unpaired) electrons. The van der Waals surface area contributed by atoms with E-state index in [4.69, 9.17) is 9.84 Å². The number of hydrogen-bond acceptors (Lipinski definition) is 5. The first-order chi connectivity index (χ1) is 17.2. The standard InChI is InChI=1S/C26H33NO5.2C2H6/c1-18(2)27(19(3)4)15-14-22(21-8-6-5-7-9-21)23-16-20(10-11-24(23)28)17-32-26(31)13-12-25(29)30;2*1-2/h5-13,16,18-19,22,28H,14-15,17H2,1-4H3,(H,29,30);2*1-2H3/b13-12+;;/t22-;;/m1../s1. The van der Waals surface area contributed by atoms with Crippen LogP contribution in [0.25, 0.3) is 0 Å². The molecule has 2 aromatic carbocycles. The van der Waals surface area contributed by atoms with Crippen LogP contribution >= 0.6 is 0 Å². The van der Waals surface area contributed by atoms with Gasteiger partial charge in [-0.2, -0.15) is 0 Å². The van der Waals surface area contributed by atoms with Gasteiger partial charge in [-0.1, -0.05) is 64.1 Å². The highest BCUT2D eigenvalue weighted by Gasteiger charge is 2.21. The molecule has 36 heavy (non-hydrogen) atoms. The summed E-state index contributed by atoms with van der Waals surface area (Å²) in [7, 11) is 0. The number of carbonyl (C=O) groups is 2. The Hall–Kier alpha value is -3.12. The predicted molar refractivity (Wildman–Crippen MR) is 147 cm³/mol. The lowest BCUT2D eigenvalue weighted by Gasteiger charge is -2.32. The predicted octanol–water partition coefficient (Wildman–Crippen LogP) is 6.77. The lowest BCUT2D eigenvalue weighted by molar-refractivity contribution is -0.139. The molecular formula is C30H45NO5. The second-order valence-electron chi connectivity index (χ2n) is 8.35. The number of benzene rings is 2. The number of carboxylic acids is 1. The number of phenolic OH excluding ortho intramolecular Hbond substituents is 1. The van der Waals surface area contributed by atoms with Gasteiger partial charge in [-0.25, -0.2) is 9.59 Å². The van der Waals surface area contributed by atoms with Gasteiger partial charge in [0.25, 0.3) is 0 Å². The quantitative estimate of drug-likeness (QED) is 0.262. The largest absolute Gasteiger partial charge is 0.508 e. The summed E-state index contributed by atoms with van der Waals surface area (Å²) in [5.74, 6) is -1.78. The van der Waals surface area contributed by atoms with Crippen molar-refractivity contribution in [2.45, 2.75) is 86.4 Å². The molecule has 0 aliphatic rings. The highest BCUT2D eigenvalue weighted by molar-refractivity contribution is 5.90. The smallest absolute Gasteiger partial charge is 0.331 e. The molecule has 1 atom stereocenters. The Balaban J connectivity index is 0.00000291. The van der Waals surface area contributed by atoms with Crippen molar-refractivity contribution in [3.8, 4) is 5.75 Å². The molecule has 0 fully saturated rings. The summed E-state index contributed by atoms with van der Waals surface area (Å²) in [6.45, 7) is 17.6. The topological polar surface area (TPSA) is 87.1 Å². The first-order valence-corrected chi connectivity index (χ1v) is 12.9. The highest BCUT2D eigenvalue weighted by Crippen LogP contribution is 2.35. The van der Waals surface area contributed by atoms with E-state index in [1.54, 1.807) is 12.1 Å². The molecule has 200 valence electrons. The van der Waals surface area contributed by atoms with Gasteiger partial charge >= 0.3 is 11.9 Å². The van der Waals surface area contributed by atoms with E-state index in [1.807, 2.05) is 52.0 Å². The molecule has 0 unspecified atom stereocenters. The van der Waals surface area contributed by atoms with Crippen molar-refractivity contribution >= 4 is 11.9 Å². The number of phenols is 1. The molecule has 0 bridgehead atoms. The number of aliphatic carboxylic acids is 1. The highest BCUT2D eigenvalue weighted by atomic mass is 16.5. The van der Waals surface area contributed by atoms with Gasteiger partial charge in [-0.05, 0) is 63.9 Å². The van der Waals surface area contributed by atoms with Crippen LogP contribution in [0.15, 0.2) is 60.7 Å². The van der Waals surface area contributed by atoms with Crippen LogP contribution in [-0.2, 0) is 20.9 Å². The van der Waals surface area contributed by atoms with Crippen LogP contribution in [0.2, 0.25) is 0 Å². The Bertz CT molecular complexity index is 914. The maximum atomic E-state index is 11.7. The number of rotatable bonds is 11. The minimum Gasteiger partial charge on any atom is -0.508 e. The number of nitrogens with zero attached hydrogens (tertiary/aromatic N) is 1. The summed E-state index contributed by atoms with van der Waals surface area (Å²) in [6, 6.07) is 16.0. The Kier molecular flexibility index (Phi) is 16.6. The molecule has 2 aromatic rings. The lowest BCUT2D eigenvalue weighted by atomic mass is 9.86. The molecule has 6 heteroatoms. The average Bonchev–Trinajstić information content (AvgIpc) is 2.87. The summed E-state index contributed by atoms with van der Waals surface area (Å²) >= 11 is 0. The lowest BCUT2D eigenvalue weighted by Crippen LogP contribution is -2.38. The van der Waals surface area contributed by atoms with Crippen LogP contribution in [0.1, 0.15) is 84.4 Å². The van der Waals surface area contributed by atoms with Gasteiger partial charge in [0.15, 0.2) is 0 Å². The zero-order chi connectivity index (χ0) is 27.7. The van der Waals surface area contributed by atoms with Gasteiger partial charge in [0, 0.05) is 35.7 Å². The van der Waals surface area contributed by atoms with Crippen molar-refractivity contribution in [2.75, 3.05) is 6.54 Å². The van der Waals surface area contributed by atoms with Crippen molar-refractivity contribution in [3.63, 3.8) is 0 Å². The first-order valence-electron chi connectivity index (χ1n) is 12.9. The third kappa shape index (κ3) is 11.5. The fraction of sp³-hybridized carbons (Fsp3) is 0.467. The third-order valence-corrected chi connectivity index (χ3v) is 5.41. The van der Waals surface area contributed by atoms with Gasteiger partial charge in [-0.15, -0.1) is 0 Å². The second-order valence-corrected chi connectivity index (χ2v) is 8.35. The van der Waals surface area contributed by atoms with Crippen molar-refractivity contribution < 1.29 is 24.5 Å². The van der Waals surface area contributed by atoms with Gasteiger partial charge < -0.3 is 14.9 Å². The number of esters is 1. The Morgan fingerprint density at radius 3 is 2.03 bits per heavy atom. The van der Waals surface area contributed by atoms with E-state index >= 15 is 0 Å². The van der Waals surface area contributed by atoms with Crippen molar-refractivity contribution in [1.29, 1.82) is 0 Å². The van der Waals surface area contributed by atoms with E-state index in [-0.39, 0.29) is 18.3 Å². The summed E-state index contributed by atoms with van der Waals surface area (Å²) in [4.78, 5) is 24.7. The Labute approximate surface area is 217 Å². The maximum Gasteiger partial charge on any atom is 0.331 e. The molecule has 2 rings (SSSR count). The normalized spacial score (nSPS) is 11.5. The van der Waals surface area contributed by atoms with Crippen molar-refractivity contribution in [2.24, 2.45) is 0 Å². The van der Waals surface area contributed by atoms with Gasteiger partial charge in [0.2, 0.25) is 0 Å². The molecule has 6 nitrogen and oxygen atoms in total. The van der Waals surface area contributed by atoms with Crippen molar-refractivity contribution in [3.05, 3.63) is 77.4 Å². The van der Waals surface area contributed by atoms with Crippen LogP contribution in [0.5, 0.6) is 5.75 Å². The van der Waals surface area contributed by atoms with Crippen LogP contribution in [0.3, 0.4) is 0 Å². The SMILES string of the molecule is CC.CC.CC(C)N(CC[C@H](c1ccccc1)c1cc(COC(=O)/C=C/C(=O)O)ccc1O)C(C)C. The second kappa shape index (κ2) is 18.2. The zero-order valence-electron chi connectivity index (χ0n) is 23.2. The summed E-state index contributed by atoms with van der Waals surface area (Å²) < 4.78 is 5.14. The van der Waals surface area contributed by atoms with Crippen LogP contribution < -0.4 is 0 Å². The van der Waals surface area contributed by atoms with Crippen LogP contribution in [0, 0.1) is 0 Å². The molecule has 0 saturated carbocycles. The van der Waals surface area contributed by atoms with Crippen molar-refractivity contribution in [1.82, 2.24) is 4.90 Å². The molecule has 0 amide bonds. The monoisotopic (exact) mass is 499 g/mol. The minimum atomic E-state index is -1.21. The van der Waals surface area contributed by atoms with Crippen LogP contribution in [-0.4, -0.2) is 45.7 Å². The van der Waals surface area contributed by atoms with E-state index in [9.17, 15) is 14.7 Å². The fourth-order valence-corrected chi connectivity index (χ4v) is 3.89.